The molecule has 0 bridgehead atoms. The van der Waals surface area contributed by atoms with Crippen LogP contribution in [0.25, 0.3) is 0 Å². The van der Waals surface area contributed by atoms with Gasteiger partial charge < -0.3 is 10.1 Å². The number of hydrogen-bond acceptors (Lipinski definition) is 5. The van der Waals surface area contributed by atoms with E-state index in [-0.39, 0.29) is 29.3 Å². The monoisotopic (exact) mass is 362 g/mol. The van der Waals surface area contributed by atoms with Crippen LogP contribution in [-0.4, -0.2) is 41.7 Å². The third-order valence-electron chi connectivity index (χ3n) is 4.69. The third kappa shape index (κ3) is 3.89. The first-order chi connectivity index (χ1) is 12.5. The normalized spacial score (nSPS) is 22.1. The van der Waals surface area contributed by atoms with Crippen molar-refractivity contribution in [1.29, 1.82) is 0 Å². The summed E-state index contributed by atoms with van der Waals surface area (Å²) >= 11 is 0. The van der Waals surface area contributed by atoms with Gasteiger partial charge in [-0.15, -0.1) is 0 Å². The second kappa shape index (κ2) is 7.63. The highest BCUT2D eigenvalue weighted by atomic mass is 19.1. The van der Waals surface area contributed by atoms with Crippen molar-refractivity contribution in [3.8, 4) is 0 Å². The minimum atomic E-state index is -0.834. The van der Waals surface area contributed by atoms with Crippen molar-refractivity contribution in [2.24, 2.45) is 11.8 Å². The van der Waals surface area contributed by atoms with Crippen LogP contribution in [0.2, 0.25) is 0 Å². The number of hydrogen-bond donors (Lipinski definition) is 1. The van der Waals surface area contributed by atoms with Gasteiger partial charge in [-0.1, -0.05) is 18.9 Å². The van der Waals surface area contributed by atoms with E-state index in [0.717, 1.165) is 23.8 Å². The molecule has 7 nitrogen and oxygen atoms in total. The SMILES string of the molecule is O=C(COC(=O)CN1C(=O)[C@H]2CCCC[C@@H]2C1=O)Nc1cccc(F)c1. The summed E-state index contributed by atoms with van der Waals surface area (Å²) in [5, 5.41) is 2.39. The number of ether oxygens (including phenoxy) is 1. The Hall–Kier alpha value is -2.77. The summed E-state index contributed by atoms with van der Waals surface area (Å²) in [6.45, 7) is -1.07. The molecular formula is C18H19FN2O5. The van der Waals surface area contributed by atoms with Crippen LogP contribution < -0.4 is 5.32 Å². The van der Waals surface area contributed by atoms with Crippen LogP contribution >= 0.6 is 0 Å². The topological polar surface area (TPSA) is 92.8 Å². The second-order valence-electron chi connectivity index (χ2n) is 6.48. The van der Waals surface area contributed by atoms with Gasteiger partial charge in [-0.3, -0.25) is 24.1 Å². The number of esters is 1. The summed E-state index contributed by atoms with van der Waals surface area (Å²) in [5.74, 6) is -3.31. The zero-order chi connectivity index (χ0) is 18.7. The van der Waals surface area contributed by atoms with Gasteiger partial charge in [0.05, 0.1) is 11.8 Å². The Kier molecular flexibility index (Phi) is 5.29. The molecule has 8 heteroatoms. The van der Waals surface area contributed by atoms with Crippen molar-refractivity contribution in [2.45, 2.75) is 25.7 Å². The highest BCUT2D eigenvalue weighted by Gasteiger charge is 2.48. The van der Waals surface area contributed by atoms with Crippen molar-refractivity contribution in [2.75, 3.05) is 18.5 Å². The fourth-order valence-electron chi connectivity index (χ4n) is 3.47. The molecule has 0 radical (unpaired) electrons. The standard InChI is InChI=1S/C18H19FN2O5/c19-11-4-3-5-12(8-11)20-15(22)10-26-16(23)9-21-17(24)13-6-1-2-7-14(13)18(21)25/h3-5,8,13-14H,1-2,6-7,9-10H2,(H,20,22)/t13-,14-/m0/s1. The summed E-state index contributed by atoms with van der Waals surface area (Å²) in [7, 11) is 0. The highest BCUT2D eigenvalue weighted by molar-refractivity contribution is 6.07. The van der Waals surface area contributed by atoms with Gasteiger partial charge in [-0.2, -0.15) is 0 Å². The molecule has 2 fully saturated rings. The van der Waals surface area contributed by atoms with Gasteiger partial charge in [0, 0.05) is 5.69 Å². The number of halogens is 1. The first-order valence-electron chi connectivity index (χ1n) is 8.52. The third-order valence-corrected chi connectivity index (χ3v) is 4.69. The van der Waals surface area contributed by atoms with Crippen LogP contribution in [0.3, 0.4) is 0 Å². The van der Waals surface area contributed by atoms with Gasteiger partial charge in [-0.25, -0.2) is 4.39 Å². The number of carbonyl (C=O) groups is 4. The van der Waals surface area contributed by atoms with Gasteiger partial charge in [0.2, 0.25) is 11.8 Å². The number of rotatable bonds is 5. The fraction of sp³-hybridized carbons (Fsp3) is 0.444. The lowest BCUT2D eigenvalue weighted by atomic mass is 9.81. The molecule has 26 heavy (non-hydrogen) atoms. The molecule has 0 spiro atoms. The molecule has 2 atom stereocenters. The van der Waals surface area contributed by atoms with Crippen molar-refractivity contribution in [3.05, 3.63) is 30.1 Å². The number of amides is 3. The van der Waals surface area contributed by atoms with Crippen LogP contribution in [0.1, 0.15) is 25.7 Å². The Morgan fingerprint density at radius 1 is 1.15 bits per heavy atom. The molecule has 1 heterocycles. The second-order valence-corrected chi connectivity index (χ2v) is 6.48. The minimum Gasteiger partial charge on any atom is -0.454 e. The van der Waals surface area contributed by atoms with E-state index >= 15 is 0 Å². The molecule has 1 aromatic carbocycles. The van der Waals surface area contributed by atoms with E-state index < -0.39 is 30.8 Å². The molecule has 138 valence electrons. The molecule has 1 aliphatic heterocycles. The number of carbonyl (C=O) groups excluding carboxylic acids is 4. The van der Waals surface area contributed by atoms with Gasteiger partial charge >= 0.3 is 5.97 Å². The number of nitrogens with zero attached hydrogens (tertiary/aromatic N) is 1. The molecule has 0 unspecified atom stereocenters. The van der Waals surface area contributed by atoms with E-state index in [4.69, 9.17) is 4.74 Å². The van der Waals surface area contributed by atoms with E-state index in [1.165, 1.54) is 18.2 Å². The lowest BCUT2D eigenvalue weighted by Gasteiger charge is -2.19. The molecule has 1 saturated heterocycles. The van der Waals surface area contributed by atoms with Gasteiger partial charge in [-0.05, 0) is 31.0 Å². The molecule has 2 aliphatic rings. The molecule has 1 saturated carbocycles. The van der Waals surface area contributed by atoms with E-state index in [2.05, 4.69) is 5.32 Å². The smallest absolute Gasteiger partial charge is 0.326 e. The highest BCUT2D eigenvalue weighted by Crippen LogP contribution is 2.37. The summed E-state index contributed by atoms with van der Waals surface area (Å²) < 4.78 is 17.9. The van der Waals surface area contributed by atoms with Crippen molar-refractivity contribution in [1.82, 2.24) is 4.90 Å². The van der Waals surface area contributed by atoms with Crippen LogP contribution in [-0.2, 0) is 23.9 Å². The molecule has 1 aromatic rings. The Morgan fingerprint density at radius 2 is 1.81 bits per heavy atom. The maximum Gasteiger partial charge on any atom is 0.326 e. The maximum atomic E-state index is 13.1. The van der Waals surface area contributed by atoms with Gasteiger partial charge in [0.15, 0.2) is 6.61 Å². The fourth-order valence-corrected chi connectivity index (χ4v) is 3.47. The molecule has 1 N–H and O–H groups in total. The first kappa shape index (κ1) is 18.0. The number of anilines is 1. The van der Waals surface area contributed by atoms with Crippen molar-refractivity contribution < 1.29 is 28.3 Å². The average molecular weight is 362 g/mol. The van der Waals surface area contributed by atoms with Crippen molar-refractivity contribution >= 4 is 29.4 Å². The zero-order valence-electron chi connectivity index (χ0n) is 14.1. The Balaban J connectivity index is 1.49. The lowest BCUT2D eigenvalue weighted by Crippen LogP contribution is -2.37. The number of nitrogens with one attached hydrogen (secondary N) is 1. The van der Waals surface area contributed by atoms with Crippen LogP contribution in [0.5, 0.6) is 0 Å². The number of likely N-dealkylation sites (tertiary alicyclic amines) is 1. The van der Waals surface area contributed by atoms with Crippen LogP contribution in [0, 0.1) is 17.7 Å². The average Bonchev–Trinajstić information content (AvgIpc) is 2.85. The zero-order valence-corrected chi connectivity index (χ0v) is 14.1. The Bertz CT molecular complexity index is 727. The Morgan fingerprint density at radius 3 is 2.42 bits per heavy atom. The van der Waals surface area contributed by atoms with Crippen molar-refractivity contribution in [3.63, 3.8) is 0 Å². The first-order valence-corrected chi connectivity index (χ1v) is 8.52. The summed E-state index contributed by atoms with van der Waals surface area (Å²) in [6, 6.07) is 5.29. The maximum absolute atomic E-state index is 13.1. The van der Waals surface area contributed by atoms with Crippen LogP contribution in [0.4, 0.5) is 10.1 Å². The van der Waals surface area contributed by atoms with E-state index in [9.17, 15) is 23.6 Å². The van der Waals surface area contributed by atoms with E-state index in [1.807, 2.05) is 0 Å². The number of fused-ring (bicyclic) bond motifs is 1. The number of imide groups is 1. The molecule has 3 amide bonds. The van der Waals surface area contributed by atoms with Crippen LogP contribution in [0.15, 0.2) is 24.3 Å². The largest absolute Gasteiger partial charge is 0.454 e. The van der Waals surface area contributed by atoms with E-state index in [1.54, 1.807) is 0 Å². The predicted molar refractivity (Wildman–Crippen MR) is 88.2 cm³/mol. The summed E-state index contributed by atoms with van der Waals surface area (Å²) in [6.07, 6.45) is 3.13. The van der Waals surface area contributed by atoms with E-state index in [0.29, 0.717) is 12.8 Å². The molecule has 3 rings (SSSR count). The molecule has 1 aliphatic carbocycles. The lowest BCUT2D eigenvalue weighted by molar-refractivity contribution is -0.154. The summed E-state index contributed by atoms with van der Waals surface area (Å²) in [4.78, 5) is 49.1. The van der Waals surface area contributed by atoms with Gasteiger partial charge in [0.1, 0.15) is 12.4 Å². The molecular weight excluding hydrogens is 343 g/mol. The summed E-state index contributed by atoms with van der Waals surface area (Å²) in [5.41, 5.74) is 0.236. The minimum absolute atomic E-state index is 0.236. The van der Waals surface area contributed by atoms with Gasteiger partial charge in [0.25, 0.3) is 5.91 Å². The predicted octanol–water partition coefficient (Wildman–Crippen LogP) is 1.48. The molecule has 0 aromatic heterocycles. The quantitative estimate of drug-likeness (QED) is 0.633. The number of benzene rings is 1. The Labute approximate surface area is 149 Å².